The lowest BCUT2D eigenvalue weighted by Gasteiger charge is -1.98. The molecule has 0 unspecified atom stereocenters. The molecule has 2 N–H and O–H groups in total. The van der Waals surface area contributed by atoms with Gasteiger partial charge >= 0.3 is 0 Å². The zero-order valence-corrected chi connectivity index (χ0v) is 7.81. The third kappa shape index (κ3) is 1.67. The Morgan fingerprint density at radius 3 is 2.71 bits per heavy atom. The van der Waals surface area contributed by atoms with Gasteiger partial charge in [-0.05, 0) is 6.54 Å². The zero-order valence-electron chi connectivity index (χ0n) is 7.81. The molecule has 2 rings (SSSR count). The second kappa shape index (κ2) is 4.07. The second-order valence-electron chi connectivity index (χ2n) is 3.03. The Morgan fingerprint density at radius 1 is 1.21 bits per heavy atom. The van der Waals surface area contributed by atoms with Crippen LogP contribution in [-0.4, -0.2) is 11.5 Å². The highest BCUT2D eigenvalue weighted by Gasteiger charge is 2.08. The molecule has 0 aliphatic heterocycles. The van der Waals surface area contributed by atoms with Crippen molar-refractivity contribution >= 4 is 0 Å². The van der Waals surface area contributed by atoms with E-state index in [1.165, 1.54) is 6.39 Å². The summed E-state index contributed by atoms with van der Waals surface area (Å²) in [5.41, 5.74) is 7.45. The molecule has 0 amide bonds. The molecule has 0 aliphatic carbocycles. The topological polar surface area (TPSA) is 52.0 Å². The molecule has 0 bridgehead atoms. The summed E-state index contributed by atoms with van der Waals surface area (Å²) >= 11 is 0. The van der Waals surface area contributed by atoms with Crippen LogP contribution in [0.4, 0.5) is 0 Å². The van der Waals surface area contributed by atoms with Crippen molar-refractivity contribution in [3.8, 4) is 11.3 Å². The molecular formula is C11H12N2O. The van der Waals surface area contributed by atoms with Gasteiger partial charge in [-0.25, -0.2) is 4.98 Å². The van der Waals surface area contributed by atoms with Gasteiger partial charge in [-0.1, -0.05) is 30.3 Å². The average molecular weight is 188 g/mol. The monoisotopic (exact) mass is 188 g/mol. The third-order valence-corrected chi connectivity index (χ3v) is 2.06. The third-order valence-electron chi connectivity index (χ3n) is 2.06. The summed E-state index contributed by atoms with van der Waals surface area (Å²) in [5, 5.41) is 0. The summed E-state index contributed by atoms with van der Waals surface area (Å²) < 4.78 is 5.27. The minimum absolute atomic E-state index is 0.578. The van der Waals surface area contributed by atoms with Gasteiger partial charge in [-0.3, -0.25) is 0 Å². The quantitative estimate of drug-likeness (QED) is 0.799. The van der Waals surface area contributed by atoms with Crippen molar-refractivity contribution in [2.45, 2.75) is 6.42 Å². The summed E-state index contributed by atoms with van der Waals surface area (Å²) in [6, 6.07) is 9.97. The van der Waals surface area contributed by atoms with Gasteiger partial charge in [0.05, 0.1) is 0 Å². The molecule has 3 nitrogen and oxygen atoms in total. The predicted octanol–water partition coefficient (Wildman–Crippen LogP) is 1.84. The van der Waals surface area contributed by atoms with Crippen LogP contribution < -0.4 is 5.73 Å². The number of nitrogens with zero attached hydrogens (tertiary/aromatic N) is 1. The molecule has 0 spiro atoms. The molecule has 1 heterocycles. The van der Waals surface area contributed by atoms with Crippen LogP contribution >= 0.6 is 0 Å². The van der Waals surface area contributed by atoms with E-state index >= 15 is 0 Å². The smallest absolute Gasteiger partial charge is 0.181 e. The van der Waals surface area contributed by atoms with E-state index in [1.807, 2.05) is 30.3 Å². The number of aromatic nitrogens is 1. The van der Waals surface area contributed by atoms with E-state index in [9.17, 15) is 0 Å². The Hall–Kier alpha value is -1.61. The number of oxazole rings is 1. The molecule has 0 radical (unpaired) electrons. The number of nitrogens with two attached hydrogens (primary N) is 1. The first-order chi connectivity index (χ1) is 6.92. The summed E-state index contributed by atoms with van der Waals surface area (Å²) in [6.07, 6.45) is 2.19. The van der Waals surface area contributed by atoms with Crippen molar-refractivity contribution in [1.29, 1.82) is 0 Å². The Morgan fingerprint density at radius 2 is 2.00 bits per heavy atom. The number of rotatable bonds is 3. The Kier molecular flexibility index (Phi) is 2.60. The highest BCUT2D eigenvalue weighted by molar-refractivity contribution is 5.60. The van der Waals surface area contributed by atoms with Crippen LogP contribution in [0, 0.1) is 0 Å². The van der Waals surface area contributed by atoms with Crippen LogP contribution in [0.15, 0.2) is 41.1 Å². The Bertz CT molecular complexity index is 395. The summed E-state index contributed by atoms with van der Waals surface area (Å²) in [6.45, 7) is 0.578. The molecule has 0 atom stereocenters. The SMILES string of the molecule is NCCc1ocnc1-c1ccccc1. The molecule has 0 aliphatic rings. The molecule has 1 aromatic heterocycles. The highest BCUT2D eigenvalue weighted by atomic mass is 16.3. The maximum absolute atomic E-state index is 5.48. The summed E-state index contributed by atoms with van der Waals surface area (Å²) in [7, 11) is 0. The maximum atomic E-state index is 5.48. The summed E-state index contributed by atoms with van der Waals surface area (Å²) in [5.74, 6) is 0.860. The van der Waals surface area contributed by atoms with E-state index < -0.39 is 0 Å². The highest BCUT2D eigenvalue weighted by Crippen LogP contribution is 2.21. The number of benzene rings is 1. The van der Waals surface area contributed by atoms with Crippen molar-refractivity contribution in [3.63, 3.8) is 0 Å². The van der Waals surface area contributed by atoms with Crippen molar-refractivity contribution in [2.24, 2.45) is 5.73 Å². The molecule has 72 valence electrons. The van der Waals surface area contributed by atoms with E-state index in [1.54, 1.807) is 0 Å². The second-order valence-corrected chi connectivity index (χ2v) is 3.03. The molecule has 0 fully saturated rings. The molecule has 0 saturated heterocycles. The fourth-order valence-electron chi connectivity index (χ4n) is 1.41. The van der Waals surface area contributed by atoms with Gasteiger partial charge < -0.3 is 10.2 Å². The van der Waals surface area contributed by atoms with E-state index in [4.69, 9.17) is 10.2 Å². The largest absolute Gasteiger partial charge is 0.448 e. The molecule has 14 heavy (non-hydrogen) atoms. The van der Waals surface area contributed by atoms with Crippen molar-refractivity contribution < 1.29 is 4.42 Å². The van der Waals surface area contributed by atoms with Crippen LogP contribution in [-0.2, 0) is 6.42 Å². The van der Waals surface area contributed by atoms with Crippen LogP contribution in [0.25, 0.3) is 11.3 Å². The van der Waals surface area contributed by atoms with Crippen molar-refractivity contribution in [2.75, 3.05) is 6.54 Å². The van der Waals surface area contributed by atoms with Gasteiger partial charge in [0.15, 0.2) is 6.39 Å². The van der Waals surface area contributed by atoms with Crippen LogP contribution in [0.2, 0.25) is 0 Å². The minimum Gasteiger partial charge on any atom is -0.448 e. The first-order valence-electron chi connectivity index (χ1n) is 4.59. The number of hydrogen-bond donors (Lipinski definition) is 1. The zero-order chi connectivity index (χ0) is 9.80. The lowest BCUT2D eigenvalue weighted by Crippen LogP contribution is -2.02. The van der Waals surface area contributed by atoms with Crippen LogP contribution in [0.3, 0.4) is 0 Å². The van der Waals surface area contributed by atoms with Crippen LogP contribution in [0.5, 0.6) is 0 Å². The van der Waals surface area contributed by atoms with Gasteiger partial charge in [0.1, 0.15) is 11.5 Å². The Labute approximate surface area is 82.6 Å². The minimum atomic E-state index is 0.578. The molecule has 2 aromatic rings. The number of hydrogen-bond acceptors (Lipinski definition) is 3. The van der Waals surface area contributed by atoms with Crippen LogP contribution in [0.1, 0.15) is 5.76 Å². The van der Waals surface area contributed by atoms with Crippen molar-refractivity contribution in [1.82, 2.24) is 4.98 Å². The Balaban J connectivity index is 2.37. The van der Waals surface area contributed by atoms with Gasteiger partial charge in [-0.2, -0.15) is 0 Å². The molecule has 1 aromatic carbocycles. The van der Waals surface area contributed by atoms with Gasteiger partial charge in [0.2, 0.25) is 0 Å². The maximum Gasteiger partial charge on any atom is 0.181 e. The lowest BCUT2D eigenvalue weighted by atomic mass is 10.1. The van der Waals surface area contributed by atoms with Crippen molar-refractivity contribution in [3.05, 3.63) is 42.5 Å². The molecular weight excluding hydrogens is 176 g/mol. The van der Waals surface area contributed by atoms with Gasteiger partial charge in [-0.15, -0.1) is 0 Å². The molecule has 3 heteroatoms. The van der Waals surface area contributed by atoms with E-state index in [2.05, 4.69) is 4.98 Å². The fourth-order valence-corrected chi connectivity index (χ4v) is 1.41. The first-order valence-corrected chi connectivity index (χ1v) is 4.59. The predicted molar refractivity (Wildman–Crippen MR) is 54.7 cm³/mol. The first kappa shape index (κ1) is 8.97. The molecule has 0 saturated carbocycles. The summed E-state index contributed by atoms with van der Waals surface area (Å²) in [4.78, 5) is 4.18. The lowest BCUT2D eigenvalue weighted by molar-refractivity contribution is 0.506. The normalized spacial score (nSPS) is 10.4. The van der Waals surface area contributed by atoms with E-state index in [0.717, 1.165) is 23.4 Å². The fraction of sp³-hybridized carbons (Fsp3) is 0.182. The average Bonchev–Trinajstić information content (AvgIpc) is 2.68. The van der Waals surface area contributed by atoms with E-state index in [-0.39, 0.29) is 0 Å². The van der Waals surface area contributed by atoms with E-state index in [0.29, 0.717) is 6.54 Å². The van der Waals surface area contributed by atoms with Gasteiger partial charge in [0.25, 0.3) is 0 Å². The van der Waals surface area contributed by atoms with Gasteiger partial charge in [0, 0.05) is 12.0 Å². The standard InChI is InChI=1S/C11H12N2O/c12-7-6-10-11(13-8-14-10)9-4-2-1-3-5-9/h1-5,8H,6-7,12H2.